The molecule has 0 atom stereocenters. The zero-order valence-corrected chi connectivity index (χ0v) is 22.2. The Balaban J connectivity index is 1.41. The van der Waals surface area contributed by atoms with Crippen molar-refractivity contribution in [3.05, 3.63) is 102 Å². The molecule has 4 rings (SSSR count). The van der Waals surface area contributed by atoms with Crippen molar-refractivity contribution in [1.29, 1.82) is 5.26 Å². The minimum Gasteiger partial charge on any atom is -0.494 e. The average molecular weight is 498 g/mol. The molecule has 0 unspecified atom stereocenters. The van der Waals surface area contributed by atoms with Crippen LogP contribution in [0.5, 0.6) is 5.75 Å². The smallest absolute Gasteiger partial charge is 0.121 e. The first-order chi connectivity index (χ1) is 18.1. The quantitative estimate of drug-likeness (QED) is 0.307. The van der Waals surface area contributed by atoms with Gasteiger partial charge in [0.25, 0.3) is 0 Å². The van der Waals surface area contributed by atoms with Gasteiger partial charge in [0.15, 0.2) is 0 Å². The van der Waals surface area contributed by atoms with Crippen LogP contribution in [0.2, 0.25) is 0 Å². The summed E-state index contributed by atoms with van der Waals surface area (Å²) in [6, 6.07) is 31.1. The first kappa shape index (κ1) is 26.9. The Morgan fingerprint density at radius 1 is 0.865 bits per heavy atom. The van der Waals surface area contributed by atoms with Crippen molar-refractivity contribution in [2.45, 2.75) is 24.9 Å². The molecule has 0 spiro atoms. The number of ether oxygens (including phenoxy) is 2. The molecule has 0 aliphatic carbocycles. The molecule has 1 aliphatic heterocycles. The van der Waals surface area contributed by atoms with Crippen LogP contribution in [0.3, 0.4) is 0 Å². The van der Waals surface area contributed by atoms with Gasteiger partial charge in [0, 0.05) is 13.1 Å². The van der Waals surface area contributed by atoms with Gasteiger partial charge in [-0.1, -0.05) is 60.7 Å². The van der Waals surface area contributed by atoms with Gasteiger partial charge in [-0.25, -0.2) is 0 Å². The number of nitrogens with zero attached hydrogens (tertiary/aromatic N) is 3. The van der Waals surface area contributed by atoms with E-state index in [0.29, 0.717) is 24.7 Å². The third-order valence-corrected chi connectivity index (χ3v) is 7.31. The van der Waals surface area contributed by atoms with Crippen LogP contribution in [0.15, 0.2) is 84.9 Å². The maximum atomic E-state index is 8.94. The van der Waals surface area contributed by atoms with Gasteiger partial charge in [0.2, 0.25) is 0 Å². The third kappa shape index (κ3) is 6.99. The van der Waals surface area contributed by atoms with Crippen LogP contribution in [0.4, 0.5) is 0 Å². The van der Waals surface area contributed by atoms with E-state index in [-0.39, 0.29) is 0 Å². The van der Waals surface area contributed by atoms with E-state index in [0.717, 1.165) is 51.2 Å². The molecular weight excluding hydrogens is 458 g/mol. The molecule has 0 aromatic heterocycles. The van der Waals surface area contributed by atoms with Gasteiger partial charge >= 0.3 is 0 Å². The summed E-state index contributed by atoms with van der Waals surface area (Å²) >= 11 is 0. The van der Waals surface area contributed by atoms with Gasteiger partial charge in [-0.2, -0.15) is 5.26 Å². The number of hydrogen-bond acceptors (Lipinski definition) is 5. The molecule has 0 amide bonds. The van der Waals surface area contributed by atoms with Crippen molar-refractivity contribution >= 4 is 0 Å². The largest absolute Gasteiger partial charge is 0.494 e. The van der Waals surface area contributed by atoms with Crippen LogP contribution in [0.1, 0.15) is 36.0 Å². The zero-order chi connectivity index (χ0) is 25.9. The van der Waals surface area contributed by atoms with E-state index in [1.807, 2.05) is 12.1 Å². The lowest BCUT2D eigenvalue weighted by atomic mass is 9.71. The topological polar surface area (TPSA) is 48.7 Å². The lowest BCUT2D eigenvalue weighted by molar-refractivity contribution is -0.0817. The molecule has 1 fully saturated rings. The summed E-state index contributed by atoms with van der Waals surface area (Å²) < 4.78 is 12.8. The van der Waals surface area contributed by atoms with E-state index in [1.54, 1.807) is 12.1 Å². The maximum absolute atomic E-state index is 8.94. The van der Waals surface area contributed by atoms with Crippen LogP contribution in [0.25, 0.3) is 0 Å². The molecule has 1 saturated heterocycles. The number of piperidine rings is 1. The predicted octanol–water partition coefficient (Wildman–Crippen LogP) is 5.56. The normalized spacial score (nSPS) is 15.0. The van der Waals surface area contributed by atoms with Crippen LogP contribution < -0.4 is 4.74 Å². The van der Waals surface area contributed by atoms with E-state index in [1.165, 1.54) is 11.1 Å². The fourth-order valence-corrected chi connectivity index (χ4v) is 5.35. The van der Waals surface area contributed by atoms with E-state index in [9.17, 15) is 0 Å². The van der Waals surface area contributed by atoms with E-state index in [4.69, 9.17) is 14.7 Å². The standard InChI is InChI=1S/C32H39N3O2/c1-34(2)23-25-37-32(28-10-5-3-6-11-28,29-12-7-4-8-13-29)30-18-21-35(22-19-30)20-9-24-36-31-16-14-27(26-33)15-17-31/h3-8,10-17,30H,9,18-25H2,1-2H3. The highest BCUT2D eigenvalue weighted by atomic mass is 16.5. The van der Waals surface area contributed by atoms with Crippen LogP contribution in [-0.4, -0.2) is 63.3 Å². The Kier molecular flexibility index (Phi) is 9.73. The predicted molar refractivity (Wildman–Crippen MR) is 149 cm³/mol. The van der Waals surface area contributed by atoms with E-state index < -0.39 is 5.60 Å². The number of likely N-dealkylation sites (tertiary alicyclic amines) is 1. The summed E-state index contributed by atoms with van der Waals surface area (Å²) in [6.07, 6.45) is 3.15. The van der Waals surface area contributed by atoms with Crippen LogP contribution in [0, 0.1) is 17.2 Å². The first-order valence-electron chi connectivity index (χ1n) is 13.4. The van der Waals surface area contributed by atoms with Crippen molar-refractivity contribution in [3.8, 4) is 11.8 Å². The number of nitriles is 1. The highest BCUT2D eigenvalue weighted by Crippen LogP contribution is 2.45. The van der Waals surface area contributed by atoms with Gasteiger partial charge in [-0.05, 0) is 87.8 Å². The number of rotatable bonds is 12. The summed E-state index contributed by atoms with van der Waals surface area (Å²) in [7, 11) is 4.19. The van der Waals surface area contributed by atoms with Crippen molar-refractivity contribution in [3.63, 3.8) is 0 Å². The van der Waals surface area contributed by atoms with Gasteiger partial charge in [-0.15, -0.1) is 0 Å². The fraction of sp³-hybridized carbons (Fsp3) is 0.406. The summed E-state index contributed by atoms with van der Waals surface area (Å²) in [6.45, 7) is 5.38. The molecule has 3 aromatic rings. The summed E-state index contributed by atoms with van der Waals surface area (Å²) in [5.41, 5.74) is 2.69. The molecule has 194 valence electrons. The summed E-state index contributed by atoms with van der Waals surface area (Å²) in [5, 5.41) is 8.94. The molecule has 5 nitrogen and oxygen atoms in total. The monoisotopic (exact) mass is 497 g/mol. The summed E-state index contributed by atoms with van der Waals surface area (Å²) in [4.78, 5) is 4.74. The second kappa shape index (κ2) is 13.4. The second-order valence-electron chi connectivity index (χ2n) is 10.1. The Morgan fingerprint density at radius 2 is 1.46 bits per heavy atom. The van der Waals surface area contributed by atoms with Crippen molar-refractivity contribution in [2.24, 2.45) is 5.92 Å². The fourth-order valence-electron chi connectivity index (χ4n) is 5.35. The van der Waals surface area contributed by atoms with Crippen LogP contribution >= 0.6 is 0 Å². The molecule has 0 radical (unpaired) electrons. The average Bonchev–Trinajstić information content (AvgIpc) is 2.95. The maximum Gasteiger partial charge on any atom is 0.121 e. The lowest BCUT2D eigenvalue weighted by Gasteiger charge is -2.45. The lowest BCUT2D eigenvalue weighted by Crippen LogP contribution is -2.47. The number of hydrogen-bond donors (Lipinski definition) is 0. The molecule has 0 saturated carbocycles. The van der Waals surface area contributed by atoms with Gasteiger partial charge in [-0.3, -0.25) is 0 Å². The Hall–Kier alpha value is -3.17. The van der Waals surface area contributed by atoms with Crippen molar-refractivity contribution < 1.29 is 9.47 Å². The molecule has 5 heteroatoms. The SMILES string of the molecule is CN(C)CCOC(c1ccccc1)(c1ccccc1)C1CCN(CCCOc2ccc(C#N)cc2)CC1. The van der Waals surface area contributed by atoms with Gasteiger partial charge in [0.05, 0.1) is 24.8 Å². The Bertz CT molecular complexity index is 1060. The molecule has 0 N–H and O–H groups in total. The Morgan fingerprint density at radius 3 is 2.00 bits per heavy atom. The molecule has 3 aromatic carbocycles. The van der Waals surface area contributed by atoms with Crippen LogP contribution in [-0.2, 0) is 10.3 Å². The van der Waals surface area contributed by atoms with Gasteiger partial charge < -0.3 is 19.3 Å². The summed E-state index contributed by atoms with van der Waals surface area (Å²) in [5.74, 6) is 1.22. The van der Waals surface area contributed by atoms with Gasteiger partial charge in [0.1, 0.15) is 11.4 Å². The first-order valence-corrected chi connectivity index (χ1v) is 13.4. The highest BCUT2D eigenvalue weighted by Gasteiger charge is 2.44. The minimum absolute atomic E-state index is 0.394. The van der Waals surface area contributed by atoms with E-state index in [2.05, 4.69) is 90.6 Å². The number of benzene rings is 3. The highest BCUT2D eigenvalue weighted by molar-refractivity contribution is 5.38. The second-order valence-corrected chi connectivity index (χ2v) is 10.1. The Labute approximate surface area is 222 Å². The van der Waals surface area contributed by atoms with Crippen molar-refractivity contribution in [2.75, 3.05) is 53.5 Å². The third-order valence-electron chi connectivity index (χ3n) is 7.31. The molecule has 37 heavy (non-hydrogen) atoms. The molecule has 0 bridgehead atoms. The molecular formula is C32H39N3O2. The van der Waals surface area contributed by atoms with E-state index >= 15 is 0 Å². The zero-order valence-electron chi connectivity index (χ0n) is 22.2. The minimum atomic E-state index is -0.455. The molecule has 1 aliphatic rings. The number of likely N-dealkylation sites (N-methyl/N-ethyl adjacent to an activating group) is 1. The molecule has 1 heterocycles. The van der Waals surface area contributed by atoms with Crippen molar-refractivity contribution in [1.82, 2.24) is 9.80 Å².